The van der Waals surface area contributed by atoms with Crippen LogP contribution in [0.5, 0.6) is 0 Å². The summed E-state index contributed by atoms with van der Waals surface area (Å²) in [4.78, 5) is 16.1. The Hall–Kier alpha value is -2.62. The fourth-order valence-electron chi connectivity index (χ4n) is 1.84. The van der Waals surface area contributed by atoms with E-state index in [0.29, 0.717) is 18.8 Å². The smallest absolute Gasteiger partial charge is 0.229 e. The van der Waals surface area contributed by atoms with Gasteiger partial charge in [-0.3, -0.25) is 4.79 Å². The van der Waals surface area contributed by atoms with Crippen LogP contribution < -0.4 is 10.6 Å². The summed E-state index contributed by atoms with van der Waals surface area (Å²) in [5.41, 5.74) is 3.07. The normalized spacial score (nSPS) is 9.95. The fraction of sp³-hybridized carbons (Fsp3) is 0.176. The first-order valence-electron chi connectivity index (χ1n) is 6.83. The van der Waals surface area contributed by atoms with Crippen LogP contribution in [0.1, 0.15) is 11.1 Å². The molecule has 4 nitrogen and oxygen atoms in total. The lowest BCUT2D eigenvalue weighted by atomic mass is 10.1. The van der Waals surface area contributed by atoms with E-state index in [2.05, 4.69) is 22.2 Å². The number of nitrogens with one attached hydrogen (secondary N) is 2. The molecule has 1 heterocycles. The lowest BCUT2D eigenvalue weighted by molar-refractivity contribution is -0.115. The van der Waals surface area contributed by atoms with Crippen LogP contribution in [-0.4, -0.2) is 17.4 Å². The van der Waals surface area contributed by atoms with E-state index in [4.69, 9.17) is 0 Å². The standard InChI is InChI=1S/C17H19N3O/c1-3-10-18-15-8-9-16(19-12-15)20-17(21)11-14-6-4-13(2)5-7-14/h3-9,12,18H,1,10-11H2,2H3,(H,19,20,21). The Kier molecular flexibility index (Phi) is 5.10. The number of hydrogen-bond acceptors (Lipinski definition) is 3. The van der Waals surface area contributed by atoms with Gasteiger partial charge < -0.3 is 10.6 Å². The number of hydrogen-bond donors (Lipinski definition) is 2. The molecule has 0 aliphatic heterocycles. The molecule has 2 N–H and O–H groups in total. The monoisotopic (exact) mass is 281 g/mol. The number of rotatable bonds is 6. The highest BCUT2D eigenvalue weighted by molar-refractivity contribution is 5.91. The first-order chi connectivity index (χ1) is 10.2. The van der Waals surface area contributed by atoms with Gasteiger partial charge in [-0.2, -0.15) is 0 Å². The summed E-state index contributed by atoms with van der Waals surface area (Å²) in [5, 5.41) is 5.92. The van der Waals surface area contributed by atoms with E-state index in [1.165, 1.54) is 5.56 Å². The van der Waals surface area contributed by atoms with Crippen molar-refractivity contribution in [3.63, 3.8) is 0 Å². The topological polar surface area (TPSA) is 54.0 Å². The minimum atomic E-state index is -0.0712. The van der Waals surface area contributed by atoms with Crippen LogP contribution in [0, 0.1) is 6.92 Å². The maximum atomic E-state index is 11.9. The highest BCUT2D eigenvalue weighted by atomic mass is 16.1. The number of nitrogens with zero attached hydrogens (tertiary/aromatic N) is 1. The quantitative estimate of drug-likeness (QED) is 0.800. The van der Waals surface area contributed by atoms with E-state index in [9.17, 15) is 4.79 Å². The Balaban J connectivity index is 1.90. The average Bonchev–Trinajstić information content (AvgIpc) is 2.49. The molecule has 1 aromatic carbocycles. The lowest BCUT2D eigenvalue weighted by Gasteiger charge is -2.07. The van der Waals surface area contributed by atoms with Crippen LogP contribution in [0.15, 0.2) is 55.3 Å². The third-order valence-electron chi connectivity index (χ3n) is 2.97. The van der Waals surface area contributed by atoms with Gasteiger partial charge in [0, 0.05) is 6.54 Å². The number of pyridine rings is 1. The molecule has 0 saturated carbocycles. The maximum Gasteiger partial charge on any atom is 0.229 e. The second-order valence-electron chi connectivity index (χ2n) is 4.81. The van der Waals surface area contributed by atoms with Crippen molar-refractivity contribution in [2.45, 2.75) is 13.3 Å². The van der Waals surface area contributed by atoms with Crippen molar-refractivity contribution in [3.05, 3.63) is 66.4 Å². The number of anilines is 2. The van der Waals surface area contributed by atoms with Crippen LogP contribution in [0.2, 0.25) is 0 Å². The fourth-order valence-corrected chi connectivity index (χ4v) is 1.84. The zero-order valence-corrected chi connectivity index (χ0v) is 12.1. The molecule has 2 aromatic rings. The molecule has 2 rings (SSSR count). The molecule has 0 bridgehead atoms. The summed E-state index contributed by atoms with van der Waals surface area (Å²) in [6, 6.07) is 11.6. The molecule has 0 fully saturated rings. The molecule has 0 aliphatic rings. The van der Waals surface area contributed by atoms with Gasteiger partial charge in [-0.25, -0.2) is 4.98 Å². The Morgan fingerprint density at radius 2 is 2.00 bits per heavy atom. The van der Waals surface area contributed by atoms with Crippen molar-refractivity contribution in [1.82, 2.24) is 4.98 Å². The summed E-state index contributed by atoms with van der Waals surface area (Å²) in [5.74, 6) is 0.481. The Labute approximate surface area is 124 Å². The summed E-state index contributed by atoms with van der Waals surface area (Å²) in [6.45, 7) is 6.34. The van der Waals surface area contributed by atoms with Gasteiger partial charge in [-0.05, 0) is 24.6 Å². The van der Waals surface area contributed by atoms with Gasteiger partial charge in [0.2, 0.25) is 5.91 Å². The largest absolute Gasteiger partial charge is 0.380 e. The molecule has 4 heteroatoms. The van der Waals surface area contributed by atoms with E-state index in [0.717, 1.165) is 11.3 Å². The van der Waals surface area contributed by atoms with Gasteiger partial charge in [0.15, 0.2) is 0 Å². The third-order valence-corrected chi connectivity index (χ3v) is 2.97. The van der Waals surface area contributed by atoms with Gasteiger partial charge in [-0.15, -0.1) is 6.58 Å². The lowest BCUT2D eigenvalue weighted by Crippen LogP contribution is -2.15. The van der Waals surface area contributed by atoms with Crippen molar-refractivity contribution >= 4 is 17.4 Å². The van der Waals surface area contributed by atoms with Gasteiger partial charge in [-0.1, -0.05) is 35.9 Å². The molecule has 1 aromatic heterocycles. The first kappa shape index (κ1) is 14.8. The van der Waals surface area contributed by atoms with E-state index in [-0.39, 0.29) is 5.91 Å². The molecule has 1 amide bonds. The van der Waals surface area contributed by atoms with Crippen LogP contribution in [0.4, 0.5) is 11.5 Å². The SMILES string of the molecule is C=CCNc1ccc(NC(=O)Cc2ccc(C)cc2)nc1. The molecular formula is C17H19N3O. The highest BCUT2D eigenvalue weighted by Gasteiger charge is 2.05. The average molecular weight is 281 g/mol. The molecule has 0 unspecified atom stereocenters. The van der Waals surface area contributed by atoms with Crippen molar-refractivity contribution in [2.75, 3.05) is 17.2 Å². The van der Waals surface area contributed by atoms with E-state index >= 15 is 0 Å². The number of aromatic nitrogens is 1. The predicted octanol–water partition coefficient (Wildman–Crippen LogP) is 3.17. The molecule has 0 radical (unpaired) electrons. The molecule has 21 heavy (non-hydrogen) atoms. The minimum absolute atomic E-state index is 0.0712. The highest BCUT2D eigenvalue weighted by Crippen LogP contribution is 2.10. The summed E-state index contributed by atoms with van der Waals surface area (Å²) in [6.07, 6.45) is 3.81. The molecule has 0 atom stereocenters. The van der Waals surface area contributed by atoms with Gasteiger partial charge in [0.1, 0.15) is 5.82 Å². The second kappa shape index (κ2) is 7.24. The molecule has 108 valence electrons. The van der Waals surface area contributed by atoms with Gasteiger partial charge >= 0.3 is 0 Å². The first-order valence-corrected chi connectivity index (χ1v) is 6.83. The number of carbonyl (C=O) groups excluding carboxylic acids is 1. The second-order valence-corrected chi connectivity index (χ2v) is 4.81. The van der Waals surface area contributed by atoms with E-state index in [1.54, 1.807) is 18.3 Å². The molecular weight excluding hydrogens is 262 g/mol. The summed E-state index contributed by atoms with van der Waals surface area (Å²) in [7, 11) is 0. The minimum Gasteiger partial charge on any atom is -0.380 e. The van der Waals surface area contributed by atoms with Crippen LogP contribution >= 0.6 is 0 Å². The summed E-state index contributed by atoms with van der Waals surface area (Å²) < 4.78 is 0. The van der Waals surface area contributed by atoms with Crippen molar-refractivity contribution in [3.8, 4) is 0 Å². The van der Waals surface area contributed by atoms with E-state index in [1.807, 2.05) is 37.3 Å². The van der Waals surface area contributed by atoms with E-state index < -0.39 is 0 Å². The zero-order chi connectivity index (χ0) is 15.1. The Morgan fingerprint density at radius 3 is 2.62 bits per heavy atom. The maximum absolute atomic E-state index is 11.9. The number of aryl methyl sites for hydroxylation is 1. The molecule has 0 saturated heterocycles. The van der Waals surface area contributed by atoms with Crippen molar-refractivity contribution in [1.29, 1.82) is 0 Å². The third kappa shape index (κ3) is 4.76. The predicted molar refractivity (Wildman–Crippen MR) is 86.4 cm³/mol. The summed E-state index contributed by atoms with van der Waals surface area (Å²) >= 11 is 0. The number of amides is 1. The number of benzene rings is 1. The molecule has 0 aliphatic carbocycles. The van der Waals surface area contributed by atoms with Crippen LogP contribution in [0.25, 0.3) is 0 Å². The number of carbonyl (C=O) groups is 1. The Morgan fingerprint density at radius 1 is 1.24 bits per heavy atom. The molecule has 0 spiro atoms. The van der Waals surface area contributed by atoms with Crippen molar-refractivity contribution in [2.24, 2.45) is 0 Å². The van der Waals surface area contributed by atoms with Crippen molar-refractivity contribution < 1.29 is 4.79 Å². The van der Waals surface area contributed by atoms with Crippen LogP contribution in [-0.2, 0) is 11.2 Å². The van der Waals surface area contributed by atoms with Gasteiger partial charge in [0.25, 0.3) is 0 Å². The van der Waals surface area contributed by atoms with Crippen LogP contribution in [0.3, 0.4) is 0 Å². The van der Waals surface area contributed by atoms with Gasteiger partial charge in [0.05, 0.1) is 18.3 Å². The zero-order valence-electron chi connectivity index (χ0n) is 12.1. The Bertz CT molecular complexity index is 603.